The Morgan fingerprint density at radius 2 is 2.40 bits per heavy atom. The van der Waals surface area contributed by atoms with Crippen LogP contribution in [-0.4, -0.2) is 17.6 Å². The van der Waals surface area contributed by atoms with Crippen molar-refractivity contribution in [2.75, 3.05) is 6.61 Å². The maximum absolute atomic E-state index is 11.2. The fourth-order valence-corrected chi connectivity index (χ4v) is 1.53. The average Bonchev–Trinajstić information content (AvgIpc) is 2.18. The standard InChI is InChI=1S/C10H13BrN2O2/c1-2-15-10(14)4-9(12)7-3-8(11)6-13-5-7/h3,5-6,9H,2,4,12H2,1H3/t9-/m0/s1. The van der Waals surface area contributed by atoms with E-state index in [2.05, 4.69) is 20.9 Å². The predicted octanol–water partition coefficient (Wildman–Crippen LogP) is 1.80. The van der Waals surface area contributed by atoms with Gasteiger partial charge in [0, 0.05) is 22.9 Å². The SMILES string of the molecule is CCOC(=O)C[C@H](N)c1cncc(Br)c1. The van der Waals surface area contributed by atoms with Crippen molar-refractivity contribution in [3.63, 3.8) is 0 Å². The third kappa shape index (κ3) is 3.97. The summed E-state index contributed by atoms with van der Waals surface area (Å²) in [5.41, 5.74) is 6.65. The number of hydrogen-bond acceptors (Lipinski definition) is 4. The van der Waals surface area contributed by atoms with Gasteiger partial charge in [0.05, 0.1) is 13.0 Å². The van der Waals surface area contributed by atoms with Crippen LogP contribution in [0.3, 0.4) is 0 Å². The van der Waals surface area contributed by atoms with Crippen molar-refractivity contribution in [3.8, 4) is 0 Å². The third-order valence-electron chi connectivity index (χ3n) is 1.85. The number of pyridine rings is 1. The van der Waals surface area contributed by atoms with Crippen LogP contribution in [0.5, 0.6) is 0 Å². The molecule has 0 radical (unpaired) electrons. The summed E-state index contributed by atoms with van der Waals surface area (Å²) in [5.74, 6) is -0.287. The van der Waals surface area contributed by atoms with Crippen molar-refractivity contribution in [1.82, 2.24) is 4.98 Å². The minimum atomic E-state index is -0.367. The Morgan fingerprint density at radius 1 is 1.67 bits per heavy atom. The van der Waals surface area contributed by atoms with Crippen molar-refractivity contribution in [2.24, 2.45) is 5.73 Å². The molecule has 0 fully saturated rings. The van der Waals surface area contributed by atoms with Gasteiger partial charge in [0.2, 0.25) is 0 Å². The largest absolute Gasteiger partial charge is 0.466 e. The Balaban J connectivity index is 2.60. The molecule has 0 aliphatic rings. The maximum Gasteiger partial charge on any atom is 0.307 e. The van der Waals surface area contributed by atoms with Crippen molar-refractivity contribution in [1.29, 1.82) is 0 Å². The Labute approximate surface area is 97.0 Å². The van der Waals surface area contributed by atoms with Crippen LogP contribution < -0.4 is 5.73 Å². The quantitative estimate of drug-likeness (QED) is 0.849. The molecule has 0 amide bonds. The van der Waals surface area contributed by atoms with Crippen LogP contribution in [0.1, 0.15) is 24.9 Å². The number of ether oxygens (including phenoxy) is 1. The van der Waals surface area contributed by atoms with E-state index in [0.29, 0.717) is 6.61 Å². The zero-order chi connectivity index (χ0) is 11.3. The summed E-state index contributed by atoms with van der Waals surface area (Å²) in [6.07, 6.45) is 3.49. The number of nitrogens with two attached hydrogens (primary N) is 1. The normalized spacial score (nSPS) is 12.2. The van der Waals surface area contributed by atoms with Crippen LogP contribution in [0.25, 0.3) is 0 Å². The molecule has 1 atom stereocenters. The highest BCUT2D eigenvalue weighted by atomic mass is 79.9. The minimum absolute atomic E-state index is 0.173. The van der Waals surface area contributed by atoms with Crippen LogP contribution in [-0.2, 0) is 9.53 Å². The van der Waals surface area contributed by atoms with Crippen LogP contribution in [0.15, 0.2) is 22.9 Å². The molecule has 1 aromatic heterocycles. The van der Waals surface area contributed by atoms with E-state index in [1.165, 1.54) is 0 Å². The number of hydrogen-bond donors (Lipinski definition) is 1. The smallest absolute Gasteiger partial charge is 0.307 e. The van der Waals surface area contributed by atoms with Gasteiger partial charge in [-0.25, -0.2) is 0 Å². The molecule has 0 unspecified atom stereocenters. The van der Waals surface area contributed by atoms with Gasteiger partial charge in [0.25, 0.3) is 0 Å². The molecule has 0 saturated heterocycles. The van der Waals surface area contributed by atoms with E-state index in [0.717, 1.165) is 10.0 Å². The fourth-order valence-electron chi connectivity index (χ4n) is 1.15. The Bertz CT molecular complexity index is 344. The van der Waals surface area contributed by atoms with Crippen LogP contribution in [0, 0.1) is 0 Å². The van der Waals surface area contributed by atoms with Gasteiger partial charge in [0.1, 0.15) is 0 Å². The van der Waals surface area contributed by atoms with Gasteiger partial charge < -0.3 is 10.5 Å². The zero-order valence-corrected chi connectivity index (χ0v) is 10.0. The molecule has 5 heteroatoms. The summed E-state index contributed by atoms with van der Waals surface area (Å²) < 4.78 is 5.66. The van der Waals surface area contributed by atoms with Gasteiger partial charge in [-0.3, -0.25) is 9.78 Å². The second kappa shape index (κ2) is 5.82. The highest BCUT2D eigenvalue weighted by molar-refractivity contribution is 9.10. The lowest BCUT2D eigenvalue weighted by atomic mass is 10.1. The summed E-state index contributed by atoms with van der Waals surface area (Å²) in [4.78, 5) is 15.2. The van der Waals surface area contributed by atoms with E-state index in [9.17, 15) is 4.79 Å². The van der Waals surface area contributed by atoms with Gasteiger partial charge in [-0.15, -0.1) is 0 Å². The summed E-state index contributed by atoms with van der Waals surface area (Å²) in [5, 5.41) is 0. The zero-order valence-electron chi connectivity index (χ0n) is 8.44. The second-order valence-corrected chi connectivity index (χ2v) is 3.97. The Hall–Kier alpha value is -0.940. The van der Waals surface area contributed by atoms with Gasteiger partial charge in [-0.1, -0.05) is 0 Å². The maximum atomic E-state index is 11.2. The molecule has 0 aromatic carbocycles. The topological polar surface area (TPSA) is 65.2 Å². The molecule has 0 bridgehead atoms. The van der Waals surface area contributed by atoms with Crippen molar-refractivity contribution in [2.45, 2.75) is 19.4 Å². The van der Waals surface area contributed by atoms with E-state index in [1.54, 1.807) is 19.3 Å². The molecule has 4 nitrogen and oxygen atoms in total. The number of rotatable bonds is 4. The van der Waals surface area contributed by atoms with Crippen LogP contribution in [0.2, 0.25) is 0 Å². The monoisotopic (exact) mass is 272 g/mol. The number of aromatic nitrogens is 1. The summed E-state index contributed by atoms with van der Waals surface area (Å²) in [7, 11) is 0. The first kappa shape index (κ1) is 12.1. The highest BCUT2D eigenvalue weighted by Gasteiger charge is 2.12. The fraction of sp³-hybridized carbons (Fsp3) is 0.400. The number of carbonyl (C=O) groups excluding carboxylic acids is 1. The van der Waals surface area contributed by atoms with Gasteiger partial charge in [0.15, 0.2) is 0 Å². The number of carbonyl (C=O) groups is 1. The summed E-state index contributed by atoms with van der Waals surface area (Å²) in [6.45, 7) is 2.15. The molecule has 0 spiro atoms. The molecule has 82 valence electrons. The minimum Gasteiger partial charge on any atom is -0.466 e. The molecule has 15 heavy (non-hydrogen) atoms. The van der Waals surface area contributed by atoms with Gasteiger partial charge in [-0.05, 0) is 34.5 Å². The van der Waals surface area contributed by atoms with E-state index in [1.807, 2.05) is 6.07 Å². The lowest BCUT2D eigenvalue weighted by molar-refractivity contribution is -0.143. The molecular weight excluding hydrogens is 260 g/mol. The molecular formula is C10H13BrN2O2. The molecule has 0 aliphatic carbocycles. The van der Waals surface area contributed by atoms with E-state index in [-0.39, 0.29) is 18.4 Å². The molecule has 1 aromatic rings. The van der Waals surface area contributed by atoms with Gasteiger partial charge in [-0.2, -0.15) is 0 Å². The molecule has 0 saturated carbocycles. The van der Waals surface area contributed by atoms with Crippen molar-refractivity contribution >= 4 is 21.9 Å². The van der Waals surface area contributed by atoms with Crippen molar-refractivity contribution in [3.05, 3.63) is 28.5 Å². The Morgan fingerprint density at radius 3 is 3.00 bits per heavy atom. The molecule has 2 N–H and O–H groups in total. The Kier molecular flexibility index (Phi) is 4.71. The van der Waals surface area contributed by atoms with E-state index < -0.39 is 0 Å². The predicted molar refractivity (Wildman–Crippen MR) is 60.1 cm³/mol. The van der Waals surface area contributed by atoms with E-state index in [4.69, 9.17) is 10.5 Å². The first-order chi connectivity index (χ1) is 7.13. The van der Waals surface area contributed by atoms with Gasteiger partial charge >= 0.3 is 5.97 Å². The number of halogens is 1. The first-order valence-electron chi connectivity index (χ1n) is 4.65. The molecule has 0 aliphatic heterocycles. The average molecular weight is 273 g/mol. The first-order valence-corrected chi connectivity index (χ1v) is 5.44. The summed E-state index contributed by atoms with van der Waals surface area (Å²) >= 11 is 3.29. The van der Waals surface area contributed by atoms with Crippen LogP contribution >= 0.6 is 15.9 Å². The molecule has 1 rings (SSSR count). The van der Waals surface area contributed by atoms with E-state index >= 15 is 0 Å². The summed E-state index contributed by atoms with van der Waals surface area (Å²) in [6, 6.07) is 1.48. The third-order valence-corrected chi connectivity index (χ3v) is 2.28. The second-order valence-electron chi connectivity index (χ2n) is 3.05. The number of esters is 1. The van der Waals surface area contributed by atoms with Crippen molar-refractivity contribution < 1.29 is 9.53 Å². The van der Waals surface area contributed by atoms with Crippen LogP contribution in [0.4, 0.5) is 0 Å². The lowest BCUT2D eigenvalue weighted by Crippen LogP contribution is -2.17. The number of nitrogens with zero attached hydrogens (tertiary/aromatic N) is 1. The highest BCUT2D eigenvalue weighted by Crippen LogP contribution is 2.17. The molecule has 1 heterocycles. The lowest BCUT2D eigenvalue weighted by Gasteiger charge is -2.10.